The summed E-state index contributed by atoms with van der Waals surface area (Å²) in [5.41, 5.74) is 3.00. The summed E-state index contributed by atoms with van der Waals surface area (Å²) in [7, 11) is 0. The van der Waals surface area contributed by atoms with Gasteiger partial charge in [0, 0.05) is 29.6 Å². The fourth-order valence-electron chi connectivity index (χ4n) is 5.10. The summed E-state index contributed by atoms with van der Waals surface area (Å²) in [6.07, 6.45) is 14.2. The van der Waals surface area contributed by atoms with Gasteiger partial charge in [0.15, 0.2) is 0 Å². The highest BCUT2D eigenvalue weighted by Crippen LogP contribution is 2.24. The first-order valence-electron chi connectivity index (χ1n) is 13.7. The fraction of sp³-hybridized carbons (Fsp3) is 0.367. The third-order valence-electron chi connectivity index (χ3n) is 7.21. The van der Waals surface area contributed by atoms with Crippen LogP contribution in [0.2, 0.25) is 0 Å². The van der Waals surface area contributed by atoms with Gasteiger partial charge in [-0.25, -0.2) is 13.8 Å². The molecule has 1 saturated heterocycles. The van der Waals surface area contributed by atoms with Crippen LogP contribution >= 0.6 is 0 Å². The lowest BCUT2D eigenvalue weighted by Crippen LogP contribution is -2.30. The van der Waals surface area contributed by atoms with Crippen molar-refractivity contribution in [1.82, 2.24) is 24.6 Å². The van der Waals surface area contributed by atoms with Crippen molar-refractivity contribution in [1.29, 1.82) is 0 Å². The number of anilines is 1. The van der Waals surface area contributed by atoms with E-state index in [-0.39, 0.29) is 17.5 Å². The summed E-state index contributed by atoms with van der Waals surface area (Å²) < 4.78 is 29.8. The number of H-pyrrole nitrogens is 1. The van der Waals surface area contributed by atoms with Crippen LogP contribution in [-0.2, 0) is 6.42 Å². The number of unbranched alkanes of at least 4 members (excludes halogenated alkanes) is 3. The van der Waals surface area contributed by atoms with E-state index in [4.69, 9.17) is 0 Å². The van der Waals surface area contributed by atoms with Crippen molar-refractivity contribution in [2.45, 2.75) is 51.4 Å². The van der Waals surface area contributed by atoms with Crippen molar-refractivity contribution in [3.63, 3.8) is 0 Å². The fourth-order valence-corrected chi connectivity index (χ4v) is 5.10. The number of hydrogen-bond donors (Lipinski definition) is 2. The summed E-state index contributed by atoms with van der Waals surface area (Å²) in [4.78, 5) is 20.4. The van der Waals surface area contributed by atoms with Crippen molar-refractivity contribution >= 4 is 11.9 Å². The number of aromatic nitrogens is 4. The Balaban J connectivity index is 1.26. The van der Waals surface area contributed by atoms with Gasteiger partial charge in [0.25, 0.3) is 5.91 Å². The molecule has 3 heterocycles. The third-order valence-corrected chi connectivity index (χ3v) is 7.21. The van der Waals surface area contributed by atoms with E-state index in [1.807, 2.05) is 6.07 Å². The zero-order chi connectivity index (χ0) is 27.0. The summed E-state index contributed by atoms with van der Waals surface area (Å²) in [6, 6.07) is 10.5. The van der Waals surface area contributed by atoms with Gasteiger partial charge in [0.1, 0.15) is 11.6 Å². The number of likely N-dealkylation sites (tertiary alicyclic amines) is 1. The number of aryl methyl sites for hydroxylation is 1. The van der Waals surface area contributed by atoms with Crippen LogP contribution in [0.1, 0.15) is 61.0 Å². The maximum absolute atomic E-state index is 14.7. The largest absolute Gasteiger partial charge is 0.303 e. The number of imidazole rings is 1. The van der Waals surface area contributed by atoms with E-state index in [9.17, 15) is 13.6 Å². The third kappa shape index (κ3) is 6.97. The maximum Gasteiger partial charge on any atom is 0.258 e. The van der Waals surface area contributed by atoms with Crippen LogP contribution in [-0.4, -0.2) is 50.2 Å². The second kappa shape index (κ2) is 12.8. The smallest absolute Gasteiger partial charge is 0.258 e. The van der Waals surface area contributed by atoms with Crippen LogP contribution < -0.4 is 5.32 Å². The van der Waals surface area contributed by atoms with E-state index in [1.165, 1.54) is 55.5 Å². The van der Waals surface area contributed by atoms with Gasteiger partial charge >= 0.3 is 0 Å². The number of carbonyl (C=O) groups excluding carboxylic acids is 1. The molecule has 7 nitrogen and oxygen atoms in total. The molecule has 5 rings (SSSR count). The standard InChI is InChI=1S/C30H34F2N6O/c31-25-12-13-28(27(32)18-25)38-21-26(11-4-1-2-5-14-37-15-6-3-7-16-37)35-30(38)36-29(39)23-10-8-9-22(17-23)24-19-33-34-20-24/h8-10,12-13,17-21H,1-7,11,14-16H2,(H,33,34)(H,35,36,39). The van der Waals surface area contributed by atoms with Gasteiger partial charge in [0.2, 0.25) is 5.95 Å². The SMILES string of the molecule is O=C(Nc1nc(CCCCCCN2CCCCC2)cn1-c1ccc(F)cc1F)c1cccc(-c2cn[nH]c2)c1. The van der Waals surface area contributed by atoms with Gasteiger partial charge in [-0.2, -0.15) is 5.10 Å². The zero-order valence-electron chi connectivity index (χ0n) is 22.0. The summed E-state index contributed by atoms with van der Waals surface area (Å²) in [5, 5.41) is 9.56. The van der Waals surface area contributed by atoms with Crippen LogP contribution in [0.3, 0.4) is 0 Å². The van der Waals surface area contributed by atoms with Gasteiger partial charge in [-0.15, -0.1) is 0 Å². The average molecular weight is 533 g/mol. The van der Waals surface area contributed by atoms with Crippen molar-refractivity contribution in [3.05, 3.63) is 83.9 Å². The molecule has 0 atom stereocenters. The highest BCUT2D eigenvalue weighted by molar-refractivity contribution is 6.04. The van der Waals surface area contributed by atoms with Crippen molar-refractivity contribution in [2.24, 2.45) is 0 Å². The molecule has 39 heavy (non-hydrogen) atoms. The molecule has 0 saturated carbocycles. The molecule has 0 unspecified atom stereocenters. The highest BCUT2D eigenvalue weighted by Gasteiger charge is 2.17. The van der Waals surface area contributed by atoms with E-state index in [0.29, 0.717) is 12.0 Å². The number of rotatable bonds is 11. The average Bonchev–Trinajstić information content (AvgIpc) is 3.62. The van der Waals surface area contributed by atoms with Crippen LogP contribution in [0.4, 0.5) is 14.7 Å². The number of amides is 1. The van der Waals surface area contributed by atoms with Crippen molar-refractivity contribution in [2.75, 3.05) is 25.0 Å². The van der Waals surface area contributed by atoms with E-state index in [0.717, 1.165) is 48.7 Å². The number of benzene rings is 2. The molecule has 1 amide bonds. The lowest BCUT2D eigenvalue weighted by atomic mass is 10.1. The normalized spacial score (nSPS) is 14.0. The number of aromatic amines is 1. The van der Waals surface area contributed by atoms with Gasteiger partial charge in [-0.1, -0.05) is 31.4 Å². The molecule has 0 radical (unpaired) electrons. The van der Waals surface area contributed by atoms with Gasteiger partial charge < -0.3 is 4.90 Å². The molecule has 9 heteroatoms. The number of hydrogen-bond acceptors (Lipinski definition) is 4. The van der Waals surface area contributed by atoms with Crippen molar-refractivity contribution in [3.8, 4) is 16.8 Å². The quantitative estimate of drug-likeness (QED) is 0.220. The molecular weight excluding hydrogens is 498 g/mol. The number of halogens is 2. The Morgan fingerprint density at radius 1 is 0.974 bits per heavy atom. The zero-order valence-corrected chi connectivity index (χ0v) is 22.0. The molecule has 0 bridgehead atoms. The first-order valence-corrected chi connectivity index (χ1v) is 13.7. The minimum Gasteiger partial charge on any atom is -0.303 e. The molecule has 1 aliphatic heterocycles. The molecule has 1 fully saturated rings. The van der Waals surface area contributed by atoms with Crippen LogP contribution in [0, 0.1) is 11.6 Å². The molecule has 0 spiro atoms. The lowest BCUT2D eigenvalue weighted by Gasteiger charge is -2.26. The van der Waals surface area contributed by atoms with Gasteiger partial charge in [0.05, 0.1) is 17.6 Å². The Bertz CT molecular complexity index is 1380. The summed E-state index contributed by atoms with van der Waals surface area (Å²) in [5.74, 6) is -1.57. The maximum atomic E-state index is 14.7. The van der Waals surface area contributed by atoms with Crippen LogP contribution in [0.5, 0.6) is 0 Å². The minimum absolute atomic E-state index is 0.124. The predicted molar refractivity (Wildman–Crippen MR) is 148 cm³/mol. The number of nitrogens with zero attached hydrogens (tertiary/aromatic N) is 4. The monoisotopic (exact) mass is 532 g/mol. The highest BCUT2D eigenvalue weighted by atomic mass is 19.1. The number of piperidine rings is 1. The predicted octanol–water partition coefficient (Wildman–Crippen LogP) is 6.38. The van der Waals surface area contributed by atoms with Crippen molar-refractivity contribution < 1.29 is 13.6 Å². The van der Waals surface area contributed by atoms with E-state index >= 15 is 0 Å². The Hall–Kier alpha value is -3.85. The van der Waals surface area contributed by atoms with Gasteiger partial charge in [-0.05, 0) is 81.6 Å². The Morgan fingerprint density at radius 3 is 2.62 bits per heavy atom. The summed E-state index contributed by atoms with van der Waals surface area (Å²) in [6.45, 7) is 3.61. The van der Waals surface area contributed by atoms with Crippen LogP contribution in [0.25, 0.3) is 16.8 Å². The van der Waals surface area contributed by atoms with E-state index < -0.39 is 11.6 Å². The van der Waals surface area contributed by atoms with E-state index in [1.54, 1.807) is 36.8 Å². The Labute approximate surface area is 227 Å². The number of nitrogens with one attached hydrogen (secondary N) is 2. The molecule has 0 aliphatic carbocycles. The molecule has 1 aliphatic rings. The first-order chi connectivity index (χ1) is 19.1. The van der Waals surface area contributed by atoms with Crippen LogP contribution in [0.15, 0.2) is 61.1 Å². The topological polar surface area (TPSA) is 78.8 Å². The molecule has 2 aromatic carbocycles. The molecular formula is C30H34F2N6O. The molecule has 4 aromatic rings. The Kier molecular flexibility index (Phi) is 8.78. The Morgan fingerprint density at radius 2 is 1.82 bits per heavy atom. The first kappa shape index (κ1) is 26.7. The second-order valence-corrected chi connectivity index (χ2v) is 10.1. The molecule has 204 valence electrons. The van der Waals surface area contributed by atoms with E-state index in [2.05, 4.69) is 25.4 Å². The van der Waals surface area contributed by atoms with Gasteiger partial charge in [-0.3, -0.25) is 19.8 Å². The minimum atomic E-state index is -0.728. The lowest BCUT2D eigenvalue weighted by molar-refractivity contribution is 0.102. The molecule has 2 N–H and O–H groups in total. The molecule has 2 aromatic heterocycles. The summed E-state index contributed by atoms with van der Waals surface area (Å²) >= 11 is 0. The number of carbonyl (C=O) groups is 1. The second-order valence-electron chi connectivity index (χ2n) is 10.1.